The molecule has 2 saturated heterocycles. The Labute approximate surface area is 104 Å². The van der Waals surface area contributed by atoms with Crippen LogP contribution in [0.5, 0.6) is 0 Å². The van der Waals surface area contributed by atoms with E-state index < -0.39 is 0 Å². The predicted octanol–water partition coefficient (Wildman–Crippen LogP) is 0.384. The van der Waals surface area contributed by atoms with Crippen LogP contribution in [0.1, 0.15) is 33.1 Å². The SMILES string of the molecule is CC(C)N=C(NN)N1CCC(N2CCCC2)C1. The Morgan fingerprint density at radius 2 is 2.00 bits per heavy atom. The molecule has 0 saturated carbocycles. The van der Waals surface area contributed by atoms with Crippen LogP contribution in [0.15, 0.2) is 4.99 Å². The molecule has 0 bridgehead atoms. The van der Waals surface area contributed by atoms with Crippen LogP contribution < -0.4 is 11.3 Å². The average molecular weight is 239 g/mol. The molecule has 98 valence electrons. The Bertz CT molecular complexity index is 270. The van der Waals surface area contributed by atoms with E-state index >= 15 is 0 Å². The summed E-state index contributed by atoms with van der Waals surface area (Å²) in [6.07, 6.45) is 3.95. The van der Waals surface area contributed by atoms with Crippen molar-refractivity contribution < 1.29 is 0 Å². The van der Waals surface area contributed by atoms with E-state index in [0.717, 1.165) is 19.0 Å². The van der Waals surface area contributed by atoms with Crippen LogP contribution in [0.2, 0.25) is 0 Å². The third kappa shape index (κ3) is 3.10. The molecule has 2 aliphatic rings. The van der Waals surface area contributed by atoms with Gasteiger partial charge in [0, 0.05) is 25.2 Å². The van der Waals surface area contributed by atoms with Crippen molar-refractivity contribution in [1.29, 1.82) is 0 Å². The van der Waals surface area contributed by atoms with E-state index in [9.17, 15) is 0 Å². The summed E-state index contributed by atoms with van der Waals surface area (Å²) in [6.45, 7) is 8.82. The Hall–Kier alpha value is -0.810. The van der Waals surface area contributed by atoms with Gasteiger partial charge in [0.1, 0.15) is 0 Å². The van der Waals surface area contributed by atoms with Gasteiger partial charge in [-0.05, 0) is 46.2 Å². The fourth-order valence-electron chi connectivity index (χ4n) is 2.79. The van der Waals surface area contributed by atoms with Crippen molar-refractivity contribution in [1.82, 2.24) is 15.2 Å². The highest BCUT2D eigenvalue weighted by Crippen LogP contribution is 2.20. The highest BCUT2D eigenvalue weighted by molar-refractivity contribution is 5.79. The second-order valence-electron chi connectivity index (χ2n) is 5.32. The fourth-order valence-corrected chi connectivity index (χ4v) is 2.79. The molecule has 3 N–H and O–H groups in total. The molecule has 0 radical (unpaired) electrons. The maximum atomic E-state index is 5.56. The van der Waals surface area contributed by atoms with E-state index in [1.165, 1.54) is 32.4 Å². The van der Waals surface area contributed by atoms with Gasteiger partial charge in [-0.15, -0.1) is 0 Å². The number of rotatable bonds is 2. The Balaban J connectivity index is 1.91. The molecule has 2 fully saturated rings. The van der Waals surface area contributed by atoms with E-state index in [4.69, 9.17) is 5.84 Å². The number of guanidine groups is 1. The normalized spacial score (nSPS) is 27.2. The van der Waals surface area contributed by atoms with Crippen LogP contribution >= 0.6 is 0 Å². The average Bonchev–Trinajstić information content (AvgIpc) is 2.95. The molecule has 5 nitrogen and oxygen atoms in total. The molecule has 1 unspecified atom stereocenters. The standard InChI is InChI=1S/C12H25N5/c1-10(2)14-12(15-13)17-8-5-11(9-17)16-6-3-4-7-16/h10-11H,3-9,13H2,1-2H3,(H,14,15). The zero-order valence-electron chi connectivity index (χ0n) is 11.0. The highest BCUT2D eigenvalue weighted by Gasteiger charge is 2.30. The van der Waals surface area contributed by atoms with Crippen molar-refractivity contribution in [2.75, 3.05) is 26.2 Å². The van der Waals surface area contributed by atoms with Crippen LogP contribution in [0, 0.1) is 0 Å². The van der Waals surface area contributed by atoms with E-state index in [1.807, 2.05) is 0 Å². The lowest BCUT2D eigenvalue weighted by Crippen LogP contribution is -2.45. The first-order valence-corrected chi connectivity index (χ1v) is 6.74. The van der Waals surface area contributed by atoms with Crippen LogP contribution in [-0.4, -0.2) is 54.0 Å². The van der Waals surface area contributed by atoms with Gasteiger partial charge in [0.05, 0.1) is 0 Å². The quantitative estimate of drug-likeness (QED) is 0.317. The molecule has 0 aromatic carbocycles. The van der Waals surface area contributed by atoms with Crippen molar-refractivity contribution >= 4 is 5.96 Å². The van der Waals surface area contributed by atoms with Crippen molar-refractivity contribution in [3.63, 3.8) is 0 Å². The monoisotopic (exact) mass is 239 g/mol. The van der Waals surface area contributed by atoms with Gasteiger partial charge in [0.25, 0.3) is 0 Å². The van der Waals surface area contributed by atoms with Gasteiger partial charge in [0.2, 0.25) is 5.96 Å². The molecule has 0 aromatic heterocycles. The Morgan fingerprint density at radius 1 is 1.29 bits per heavy atom. The Kier molecular flexibility index (Phi) is 4.23. The molecule has 0 aromatic rings. The van der Waals surface area contributed by atoms with Gasteiger partial charge >= 0.3 is 0 Å². The number of nitrogens with two attached hydrogens (primary N) is 1. The largest absolute Gasteiger partial charge is 0.340 e. The molecule has 0 aliphatic carbocycles. The summed E-state index contributed by atoms with van der Waals surface area (Å²) in [5.74, 6) is 6.41. The summed E-state index contributed by atoms with van der Waals surface area (Å²) < 4.78 is 0. The summed E-state index contributed by atoms with van der Waals surface area (Å²) >= 11 is 0. The van der Waals surface area contributed by atoms with Gasteiger partial charge in [-0.2, -0.15) is 0 Å². The molecular formula is C12H25N5. The third-order valence-electron chi connectivity index (χ3n) is 3.63. The molecule has 0 spiro atoms. The van der Waals surface area contributed by atoms with Gasteiger partial charge in [-0.25, -0.2) is 10.8 Å². The number of hydrogen-bond donors (Lipinski definition) is 2. The molecule has 1 atom stereocenters. The van der Waals surface area contributed by atoms with Gasteiger partial charge in [0.15, 0.2) is 0 Å². The topological polar surface area (TPSA) is 56.9 Å². The number of nitrogens with zero attached hydrogens (tertiary/aromatic N) is 3. The second-order valence-corrected chi connectivity index (χ2v) is 5.32. The lowest BCUT2D eigenvalue weighted by atomic mass is 10.2. The van der Waals surface area contributed by atoms with Crippen molar-refractivity contribution in [3.05, 3.63) is 0 Å². The van der Waals surface area contributed by atoms with E-state index in [-0.39, 0.29) is 6.04 Å². The maximum Gasteiger partial charge on any atom is 0.208 e. The molecule has 2 aliphatic heterocycles. The van der Waals surface area contributed by atoms with Crippen LogP contribution in [0.4, 0.5) is 0 Å². The van der Waals surface area contributed by atoms with Crippen LogP contribution in [0.3, 0.4) is 0 Å². The molecular weight excluding hydrogens is 214 g/mol. The first kappa shape index (κ1) is 12.6. The number of hydrogen-bond acceptors (Lipinski definition) is 3. The maximum absolute atomic E-state index is 5.56. The highest BCUT2D eigenvalue weighted by atomic mass is 15.4. The number of likely N-dealkylation sites (tertiary alicyclic amines) is 2. The molecule has 17 heavy (non-hydrogen) atoms. The summed E-state index contributed by atoms with van der Waals surface area (Å²) in [5.41, 5.74) is 2.74. The fraction of sp³-hybridized carbons (Fsp3) is 0.917. The van der Waals surface area contributed by atoms with Gasteiger partial charge < -0.3 is 4.90 Å². The van der Waals surface area contributed by atoms with Crippen molar-refractivity contribution in [3.8, 4) is 0 Å². The minimum atomic E-state index is 0.284. The van der Waals surface area contributed by atoms with Crippen molar-refractivity contribution in [2.24, 2.45) is 10.8 Å². The molecule has 0 amide bonds. The molecule has 5 heteroatoms. The molecule has 2 heterocycles. The summed E-state index contributed by atoms with van der Waals surface area (Å²) in [7, 11) is 0. The van der Waals surface area contributed by atoms with Crippen molar-refractivity contribution in [2.45, 2.75) is 45.2 Å². The zero-order chi connectivity index (χ0) is 12.3. The lowest BCUT2D eigenvalue weighted by molar-refractivity contribution is 0.249. The van der Waals surface area contributed by atoms with Gasteiger partial charge in [-0.3, -0.25) is 10.3 Å². The first-order chi connectivity index (χ1) is 8.20. The smallest absolute Gasteiger partial charge is 0.208 e. The lowest BCUT2D eigenvalue weighted by Gasteiger charge is -2.25. The summed E-state index contributed by atoms with van der Waals surface area (Å²) in [5, 5.41) is 0. The zero-order valence-corrected chi connectivity index (χ0v) is 11.0. The summed E-state index contributed by atoms with van der Waals surface area (Å²) in [6, 6.07) is 0.982. The minimum absolute atomic E-state index is 0.284. The van der Waals surface area contributed by atoms with E-state index in [1.54, 1.807) is 0 Å². The second kappa shape index (κ2) is 5.69. The van der Waals surface area contributed by atoms with E-state index in [2.05, 4.69) is 34.1 Å². The van der Waals surface area contributed by atoms with E-state index in [0.29, 0.717) is 6.04 Å². The first-order valence-electron chi connectivity index (χ1n) is 6.74. The predicted molar refractivity (Wildman–Crippen MR) is 70.7 cm³/mol. The minimum Gasteiger partial charge on any atom is -0.340 e. The third-order valence-corrected chi connectivity index (χ3v) is 3.63. The number of hydrazine groups is 1. The summed E-state index contributed by atoms with van der Waals surface area (Å²) in [4.78, 5) is 9.42. The number of aliphatic imine (C=N–C) groups is 1. The Morgan fingerprint density at radius 3 is 2.59 bits per heavy atom. The van der Waals surface area contributed by atoms with Gasteiger partial charge in [-0.1, -0.05) is 0 Å². The number of nitrogens with one attached hydrogen (secondary N) is 1. The van der Waals surface area contributed by atoms with Crippen LogP contribution in [-0.2, 0) is 0 Å². The van der Waals surface area contributed by atoms with Crippen LogP contribution in [0.25, 0.3) is 0 Å². The molecule has 2 rings (SSSR count).